The average molecular weight is 513 g/mol. The lowest BCUT2D eigenvalue weighted by Gasteiger charge is -2.51. The van der Waals surface area contributed by atoms with Crippen molar-refractivity contribution in [2.45, 2.75) is 25.0 Å². The second-order valence-electron chi connectivity index (χ2n) is 9.34. The second kappa shape index (κ2) is 11.0. The number of methoxy groups -OCH3 is 1. The van der Waals surface area contributed by atoms with Crippen LogP contribution in [0.15, 0.2) is 54.6 Å². The lowest BCUT2D eigenvalue weighted by molar-refractivity contribution is -0.161. The number of piperidine rings is 1. The number of carbonyl (C=O) groups excluding carboxylic acids is 2. The van der Waals surface area contributed by atoms with Crippen molar-refractivity contribution in [3.05, 3.63) is 54.6 Å². The molecule has 2 aromatic carbocycles. The molecule has 11 heteroatoms. The fourth-order valence-corrected chi connectivity index (χ4v) is 5.21. The predicted molar refractivity (Wildman–Crippen MR) is 134 cm³/mol. The molecule has 0 unspecified atom stereocenters. The highest BCUT2D eigenvalue weighted by molar-refractivity contribution is 5.96. The maximum Gasteiger partial charge on any atom is 0.408 e. The van der Waals surface area contributed by atoms with Crippen molar-refractivity contribution in [2.75, 3.05) is 44.7 Å². The lowest BCUT2D eigenvalue weighted by Crippen LogP contribution is -2.71. The van der Waals surface area contributed by atoms with Gasteiger partial charge in [-0.2, -0.15) is 0 Å². The van der Waals surface area contributed by atoms with Gasteiger partial charge in [0.2, 0.25) is 11.8 Å². The molecule has 0 aliphatic carbocycles. The van der Waals surface area contributed by atoms with Crippen LogP contribution in [0.3, 0.4) is 0 Å². The smallest absolute Gasteiger partial charge is 0.408 e. The van der Waals surface area contributed by atoms with Gasteiger partial charge in [-0.25, -0.2) is 10.3 Å². The molecule has 2 aliphatic heterocycles. The molecule has 3 atom stereocenters. The third-order valence-electron chi connectivity index (χ3n) is 7.25. The van der Waals surface area contributed by atoms with Gasteiger partial charge in [0.05, 0.1) is 19.6 Å². The van der Waals surface area contributed by atoms with Gasteiger partial charge in [-0.15, -0.1) is 0 Å². The van der Waals surface area contributed by atoms with E-state index < -0.39 is 35.5 Å². The van der Waals surface area contributed by atoms with Crippen LogP contribution in [-0.2, 0) is 9.59 Å². The first-order valence-corrected chi connectivity index (χ1v) is 12.1. The number of likely N-dealkylation sites (tertiary alicyclic amines) is 1. The Morgan fingerprint density at radius 2 is 1.68 bits per heavy atom. The molecular formula is C26H32N4O7. The van der Waals surface area contributed by atoms with E-state index in [0.29, 0.717) is 37.7 Å². The van der Waals surface area contributed by atoms with Crippen molar-refractivity contribution in [3.8, 4) is 11.5 Å². The maximum atomic E-state index is 13.9. The number of amides is 3. The van der Waals surface area contributed by atoms with Gasteiger partial charge < -0.3 is 24.4 Å². The molecule has 11 nitrogen and oxygen atoms in total. The molecule has 198 valence electrons. The minimum Gasteiger partial charge on any atom is -0.497 e. The minimum atomic E-state index is -1.73. The SMILES string of the molecule is COc1cccc(O[C@H]2C[C@H](C(=O)NO)[C@@](C)(C(=O)N3CCN(c4ccccc4)CC3)N(C(=O)O)C2)c1. The zero-order valence-electron chi connectivity index (χ0n) is 20.9. The Bertz CT molecular complexity index is 1120. The van der Waals surface area contributed by atoms with E-state index in [1.54, 1.807) is 34.6 Å². The van der Waals surface area contributed by atoms with E-state index >= 15 is 0 Å². The topological polar surface area (TPSA) is 132 Å². The van der Waals surface area contributed by atoms with Gasteiger partial charge in [0, 0.05) is 44.4 Å². The highest BCUT2D eigenvalue weighted by Crippen LogP contribution is 2.38. The fraction of sp³-hybridized carbons (Fsp3) is 0.423. The summed E-state index contributed by atoms with van der Waals surface area (Å²) >= 11 is 0. The van der Waals surface area contributed by atoms with Crippen LogP contribution in [0.25, 0.3) is 0 Å². The summed E-state index contributed by atoms with van der Waals surface area (Å²) in [6.45, 7) is 3.19. The van der Waals surface area contributed by atoms with E-state index in [-0.39, 0.29) is 13.0 Å². The molecule has 0 bridgehead atoms. The molecule has 37 heavy (non-hydrogen) atoms. The van der Waals surface area contributed by atoms with Crippen LogP contribution in [0.1, 0.15) is 13.3 Å². The van der Waals surface area contributed by atoms with Gasteiger partial charge in [-0.3, -0.25) is 19.7 Å². The van der Waals surface area contributed by atoms with Crippen LogP contribution in [-0.4, -0.2) is 89.5 Å². The van der Waals surface area contributed by atoms with E-state index in [1.165, 1.54) is 14.0 Å². The number of hydrogen-bond donors (Lipinski definition) is 3. The first-order chi connectivity index (χ1) is 17.8. The molecule has 4 rings (SSSR count). The zero-order valence-corrected chi connectivity index (χ0v) is 20.9. The molecule has 3 amide bonds. The van der Waals surface area contributed by atoms with Crippen LogP contribution in [0.5, 0.6) is 11.5 Å². The van der Waals surface area contributed by atoms with Gasteiger partial charge in [-0.05, 0) is 31.2 Å². The Kier molecular flexibility index (Phi) is 7.72. The maximum absolute atomic E-state index is 13.9. The number of rotatable bonds is 6. The normalized spacial score (nSPS) is 23.8. The number of nitrogens with zero attached hydrogens (tertiary/aromatic N) is 3. The molecule has 0 radical (unpaired) electrons. The van der Waals surface area contributed by atoms with Gasteiger partial charge in [0.15, 0.2) is 0 Å². The summed E-state index contributed by atoms with van der Waals surface area (Å²) in [4.78, 5) is 43.9. The molecule has 0 saturated carbocycles. The van der Waals surface area contributed by atoms with E-state index in [0.717, 1.165) is 10.6 Å². The van der Waals surface area contributed by atoms with Crippen molar-refractivity contribution >= 4 is 23.6 Å². The largest absolute Gasteiger partial charge is 0.497 e. The molecule has 3 N–H and O–H groups in total. The third kappa shape index (κ3) is 5.26. The van der Waals surface area contributed by atoms with Gasteiger partial charge in [0.25, 0.3) is 0 Å². The Balaban J connectivity index is 1.56. The zero-order chi connectivity index (χ0) is 26.6. The highest BCUT2D eigenvalue weighted by atomic mass is 16.5. The van der Waals surface area contributed by atoms with Gasteiger partial charge in [-0.1, -0.05) is 24.3 Å². The van der Waals surface area contributed by atoms with Crippen molar-refractivity contribution in [3.63, 3.8) is 0 Å². The Morgan fingerprint density at radius 1 is 1.00 bits per heavy atom. The molecule has 2 saturated heterocycles. The Morgan fingerprint density at radius 3 is 2.30 bits per heavy atom. The van der Waals surface area contributed by atoms with Gasteiger partial charge >= 0.3 is 6.09 Å². The Hall–Kier alpha value is -3.99. The molecule has 2 heterocycles. The number of anilines is 1. The Labute approximate surface area is 215 Å². The van der Waals surface area contributed by atoms with Crippen molar-refractivity contribution in [1.82, 2.24) is 15.3 Å². The second-order valence-corrected chi connectivity index (χ2v) is 9.34. The number of benzene rings is 2. The number of hydrogen-bond acceptors (Lipinski definition) is 7. The van der Waals surface area contributed by atoms with E-state index in [2.05, 4.69) is 4.90 Å². The van der Waals surface area contributed by atoms with Crippen LogP contribution in [0, 0.1) is 5.92 Å². The van der Waals surface area contributed by atoms with Crippen molar-refractivity contribution in [1.29, 1.82) is 0 Å². The molecule has 2 aliphatic rings. The lowest BCUT2D eigenvalue weighted by atomic mass is 9.75. The van der Waals surface area contributed by atoms with Crippen LogP contribution in [0.2, 0.25) is 0 Å². The number of hydroxylamine groups is 1. The molecule has 2 aromatic rings. The molecule has 0 aromatic heterocycles. The molecular weight excluding hydrogens is 480 g/mol. The standard InChI is InChI=1S/C26H32N4O7/c1-26(24(32)29-13-11-28(12-14-29)18-7-4-3-5-8-18)22(23(31)27-35)16-21(17-30(26)25(33)34)37-20-10-6-9-19(15-20)36-2/h3-10,15,21-22,35H,11-14,16-17H2,1-2H3,(H,27,31)(H,33,34)/t21-,22+,26-/m0/s1. The van der Waals surface area contributed by atoms with Crippen LogP contribution >= 0.6 is 0 Å². The number of nitrogens with one attached hydrogen (secondary N) is 1. The van der Waals surface area contributed by atoms with Crippen molar-refractivity contribution in [2.24, 2.45) is 5.92 Å². The fourth-order valence-electron chi connectivity index (χ4n) is 5.21. The molecule has 0 spiro atoms. The van der Waals surface area contributed by atoms with Crippen LogP contribution in [0.4, 0.5) is 10.5 Å². The van der Waals surface area contributed by atoms with E-state index in [9.17, 15) is 24.7 Å². The number of carboxylic acid groups (broad SMARTS) is 1. The van der Waals surface area contributed by atoms with E-state index in [4.69, 9.17) is 9.47 Å². The predicted octanol–water partition coefficient (Wildman–Crippen LogP) is 2.06. The minimum absolute atomic E-state index is 0.0274. The summed E-state index contributed by atoms with van der Waals surface area (Å²) in [6, 6.07) is 16.6. The number of para-hydroxylation sites is 1. The monoisotopic (exact) mass is 512 g/mol. The summed E-state index contributed by atoms with van der Waals surface area (Å²) in [7, 11) is 1.52. The average Bonchev–Trinajstić information content (AvgIpc) is 2.93. The van der Waals surface area contributed by atoms with Gasteiger partial charge in [0.1, 0.15) is 23.1 Å². The number of carbonyl (C=O) groups is 3. The van der Waals surface area contributed by atoms with Crippen molar-refractivity contribution < 1.29 is 34.2 Å². The number of piperazine rings is 1. The number of ether oxygens (including phenoxy) is 2. The quantitative estimate of drug-likeness (QED) is 0.396. The summed E-state index contributed by atoms with van der Waals surface area (Å²) < 4.78 is 11.2. The first kappa shape index (κ1) is 26.1. The van der Waals surface area contributed by atoms with E-state index in [1.807, 2.05) is 30.3 Å². The van der Waals surface area contributed by atoms with Crippen LogP contribution < -0.4 is 19.9 Å². The third-order valence-corrected chi connectivity index (χ3v) is 7.25. The summed E-state index contributed by atoms with van der Waals surface area (Å²) in [5.41, 5.74) is 0.933. The summed E-state index contributed by atoms with van der Waals surface area (Å²) in [5, 5.41) is 19.6. The highest BCUT2D eigenvalue weighted by Gasteiger charge is 2.57. The first-order valence-electron chi connectivity index (χ1n) is 12.1. The summed E-state index contributed by atoms with van der Waals surface area (Å²) in [6.07, 6.45) is -2.06. The summed E-state index contributed by atoms with van der Waals surface area (Å²) in [5.74, 6) is -1.51. The molecule has 2 fully saturated rings.